The number of aryl methyl sites for hydroxylation is 1. The van der Waals surface area contributed by atoms with Crippen molar-refractivity contribution < 1.29 is 9.59 Å². The molecule has 0 aliphatic carbocycles. The topological polar surface area (TPSA) is 79.5 Å². The van der Waals surface area contributed by atoms with Crippen molar-refractivity contribution in [2.24, 2.45) is 5.73 Å². The number of fused-ring (bicyclic) bond motifs is 1. The molecule has 2 aliphatic heterocycles. The molecule has 1 aromatic heterocycles. The highest BCUT2D eigenvalue weighted by Gasteiger charge is 2.44. The molecule has 2 aliphatic rings. The zero-order valence-electron chi connectivity index (χ0n) is 11.4. The summed E-state index contributed by atoms with van der Waals surface area (Å²) in [6, 6.07) is -0.216. The first-order chi connectivity index (χ1) is 9.56. The summed E-state index contributed by atoms with van der Waals surface area (Å²) in [4.78, 5) is 31.6. The lowest BCUT2D eigenvalue weighted by Crippen LogP contribution is -2.53. The number of urea groups is 1. The third-order valence-corrected chi connectivity index (χ3v) is 4.99. The van der Waals surface area contributed by atoms with Crippen molar-refractivity contribution in [3.8, 4) is 0 Å². The van der Waals surface area contributed by atoms with Crippen LogP contribution in [0.4, 0.5) is 4.79 Å². The van der Waals surface area contributed by atoms with Crippen LogP contribution in [0.1, 0.15) is 30.0 Å². The van der Waals surface area contributed by atoms with Crippen molar-refractivity contribution in [3.63, 3.8) is 0 Å². The fourth-order valence-electron chi connectivity index (χ4n) is 3.28. The Labute approximate surface area is 121 Å². The van der Waals surface area contributed by atoms with Gasteiger partial charge >= 0.3 is 6.03 Å². The van der Waals surface area contributed by atoms with E-state index in [-0.39, 0.29) is 24.0 Å². The first kappa shape index (κ1) is 13.4. The van der Waals surface area contributed by atoms with Crippen LogP contribution in [0.3, 0.4) is 0 Å². The number of piperidine rings is 1. The second-order valence-corrected chi connectivity index (χ2v) is 6.44. The Morgan fingerprint density at radius 3 is 2.95 bits per heavy atom. The van der Waals surface area contributed by atoms with E-state index in [4.69, 9.17) is 5.73 Å². The van der Waals surface area contributed by atoms with Crippen LogP contribution in [0.2, 0.25) is 0 Å². The highest BCUT2D eigenvalue weighted by atomic mass is 32.1. The summed E-state index contributed by atoms with van der Waals surface area (Å²) in [6.07, 6.45) is 2.01. The minimum Gasteiger partial charge on any atom is -0.351 e. The Hall–Kier alpha value is -1.63. The molecule has 7 heteroatoms. The zero-order chi connectivity index (χ0) is 14.3. The summed E-state index contributed by atoms with van der Waals surface area (Å²) in [5.41, 5.74) is 6.34. The Morgan fingerprint density at radius 2 is 2.30 bits per heavy atom. The van der Waals surface area contributed by atoms with Gasteiger partial charge in [-0.05, 0) is 19.8 Å². The maximum atomic E-state index is 12.2. The summed E-state index contributed by atoms with van der Waals surface area (Å²) >= 11 is 1.59. The minimum absolute atomic E-state index is 0.0740. The number of rotatable bonds is 2. The molecule has 2 saturated heterocycles. The van der Waals surface area contributed by atoms with Gasteiger partial charge < -0.3 is 15.5 Å². The number of nitrogens with two attached hydrogens (primary N) is 1. The molecule has 0 radical (unpaired) electrons. The second kappa shape index (κ2) is 5.05. The molecule has 3 amide bonds. The molecule has 20 heavy (non-hydrogen) atoms. The van der Waals surface area contributed by atoms with Crippen LogP contribution >= 0.6 is 11.3 Å². The number of hydrogen-bond acceptors (Lipinski definition) is 4. The van der Waals surface area contributed by atoms with E-state index in [1.165, 1.54) is 0 Å². The van der Waals surface area contributed by atoms with Gasteiger partial charge in [-0.15, -0.1) is 11.3 Å². The van der Waals surface area contributed by atoms with Gasteiger partial charge in [0, 0.05) is 18.3 Å². The lowest BCUT2D eigenvalue weighted by Gasteiger charge is -2.39. The molecular formula is C13H18N4O2S. The molecule has 6 nitrogen and oxygen atoms in total. The van der Waals surface area contributed by atoms with E-state index in [9.17, 15) is 9.59 Å². The summed E-state index contributed by atoms with van der Waals surface area (Å²) in [6.45, 7) is 3.14. The van der Waals surface area contributed by atoms with Gasteiger partial charge in [0.05, 0.1) is 29.3 Å². The maximum absolute atomic E-state index is 12.2. The van der Waals surface area contributed by atoms with Gasteiger partial charge in [0.15, 0.2) is 0 Å². The SMILES string of the molecule is Cc1nc(CN2C(=O)CC[C@@H]3[C@H]2CCN3C(N)=O)cs1. The predicted octanol–water partition coefficient (Wildman–Crippen LogP) is 1.10. The quantitative estimate of drug-likeness (QED) is 0.887. The minimum atomic E-state index is -0.378. The molecule has 3 rings (SSSR count). The molecule has 0 saturated carbocycles. The lowest BCUT2D eigenvalue weighted by atomic mass is 9.96. The molecule has 1 aromatic rings. The van der Waals surface area contributed by atoms with Crippen molar-refractivity contribution in [1.82, 2.24) is 14.8 Å². The maximum Gasteiger partial charge on any atom is 0.315 e. The normalized spacial score (nSPS) is 25.9. The van der Waals surface area contributed by atoms with Crippen LogP contribution in [0.25, 0.3) is 0 Å². The fraction of sp³-hybridized carbons (Fsp3) is 0.615. The fourth-order valence-corrected chi connectivity index (χ4v) is 3.89. The van der Waals surface area contributed by atoms with Gasteiger partial charge in [-0.2, -0.15) is 0 Å². The van der Waals surface area contributed by atoms with Crippen molar-refractivity contribution in [3.05, 3.63) is 16.1 Å². The van der Waals surface area contributed by atoms with E-state index in [0.717, 1.165) is 23.5 Å². The van der Waals surface area contributed by atoms with Crippen molar-refractivity contribution in [1.29, 1.82) is 0 Å². The lowest BCUT2D eigenvalue weighted by molar-refractivity contribution is -0.138. The average molecular weight is 294 g/mol. The standard InChI is InChI=1S/C13H18N4O2S/c1-8-15-9(7-20-8)6-17-11-4-5-16(13(14)19)10(11)2-3-12(17)18/h7,10-11H,2-6H2,1H3,(H2,14,19)/t10-,11-/m1/s1. The number of carbonyl (C=O) groups excluding carboxylic acids is 2. The van der Waals surface area contributed by atoms with Crippen LogP contribution in [-0.4, -0.2) is 45.4 Å². The van der Waals surface area contributed by atoms with Crippen molar-refractivity contribution in [2.75, 3.05) is 6.54 Å². The Balaban J connectivity index is 1.79. The van der Waals surface area contributed by atoms with Crippen LogP contribution in [0.15, 0.2) is 5.38 Å². The average Bonchev–Trinajstić information content (AvgIpc) is 2.99. The number of nitrogens with zero attached hydrogens (tertiary/aromatic N) is 3. The second-order valence-electron chi connectivity index (χ2n) is 5.37. The van der Waals surface area contributed by atoms with Crippen LogP contribution in [0, 0.1) is 6.92 Å². The Bertz CT molecular complexity index is 544. The number of aromatic nitrogens is 1. The number of thiazole rings is 1. The number of likely N-dealkylation sites (tertiary alicyclic amines) is 2. The van der Waals surface area contributed by atoms with Crippen molar-refractivity contribution in [2.45, 2.75) is 44.8 Å². The third kappa shape index (κ3) is 2.26. The Kier molecular flexibility index (Phi) is 3.37. The van der Waals surface area contributed by atoms with E-state index in [2.05, 4.69) is 4.98 Å². The summed E-state index contributed by atoms with van der Waals surface area (Å²) in [5, 5.41) is 3.00. The molecular weight excluding hydrogens is 276 g/mol. The van der Waals surface area contributed by atoms with E-state index in [1.807, 2.05) is 17.2 Å². The third-order valence-electron chi connectivity index (χ3n) is 4.17. The molecule has 2 fully saturated rings. The van der Waals surface area contributed by atoms with Gasteiger partial charge in [-0.3, -0.25) is 4.79 Å². The number of amides is 3. The Morgan fingerprint density at radius 1 is 1.50 bits per heavy atom. The largest absolute Gasteiger partial charge is 0.351 e. The highest BCUT2D eigenvalue weighted by Crippen LogP contribution is 2.32. The van der Waals surface area contributed by atoms with E-state index in [1.54, 1.807) is 16.2 Å². The van der Waals surface area contributed by atoms with E-state index < -0.39 is 0 Å². The van der Waals surface area contributed by atoms with Crippen molar-refractivity contribution >= 4 is 23.3 Å². The van der Waals surface area contributed by atoms with Crippen LogP contribution in [-0.2, 0) is 11.3 Å². The van der Waals surface area contributed by atoms with Crippen LogP contribution in [0.5, 0.6) is 0 Å². The first-order valence-corrected chi connectivity index (χ1v) is 7.71. The summed E-state index contributed by atoms with van der Waals surface area (Å²) in [7, 11) is 0. The smallest absolute Gasteiger partial charge is 0.315 e. The van der Waals surface area contributed by atoms with Gasteiger partial charge in [-0.1, -0.05) is 0 Å². The van der Waals surface area contributed by atoms with Gasteiger partial charge in [0.25, 0.3) is 0 Å². The monoisotopic (exact) mass is 294 g/mol. The molecule has 108 valence electrons. The molecule has 0 unspecified atom stereocenters. The van der Waals surface area contributed by atoms with Gasteiger partial charge in [-0.25, -0.2) is 9.78 Å². The number of primary amides is 1. The van der Waals surface area contributed by atoms with E-state index >= 15 is 0 Å². The molecule has 0 spiro atoms. The predicted molar refractivity (Wildman–Crippen MR) is 75.1 cm³/mol. The molecule has 2 N–H and O–H groups in total. The zero-order valence-corrected chi connectivity index (χ0v) is 12.2. The number of carbonyl (C=O) groups is 2. The first-order valence-electron chi connectivity index (χ1n) is 6.83. The van der Waals surface area contributed by atoms with Gasteiger partial charge in [0.1, 0.15) is 0 Å². The molecule has 0 bridgehead atoms. The van der Waals surface area contributed by atoms with Gasteiger partial charge in [0.2, 0.25) is 5.91 Å². The highest BCUT2D eigenvalue weighted by molar-refractivity contribution is 7.09. The number of hydrogen-bond donors (Lipinski definition) is 1. The summed E-state index contributed by atoms with van der Waals surface area (Å²) in [5.74, 6) is 0.156. The van der Waals surface area contributed by atoms with E-state index in [0.29, 0.717) is 19.5 Å². The van der Waals surface area contributed by atoms with Crippen LogP contribution < -0.4 is 5.73 Å². The molecule has 2 atom stereocenters. The molecule has 3 heterocycles. The molecule has 0 aromatic carbocycles. The summed E-state index contributed by atoms with van der Waals surface area (Å²) < 4.78 is 0.